The molecule has 0 aliphatic carbocycles. The summed E-state index contributed by atoms with van der Waals surface area (Å²) in [4.78, 5) is 14.7. The van der Waals surface area contributed by atoms with Crippen LogP contribution < -0.4 is 10.6 Å². The number of hydrogen-bond acceptors (Lipinski definition) is 3. The Morgan fingerprint density at radius 2 is 2.00 bits per heavy atom. The number of rotatable bonds is 8. The molecule has 1 heterocycles. The second-order valence-electron chi connectivity index (χ2n) is 6.43. The summed E-state index contributed by atoms with van der Waals surface area (Å²) < 4.78 is 0. The van der Waals surface area contributed by atoms with Gasteiger partial charge in [0.25, 0.3) is 0 Å². The molecule has 0 bridgehead atoms. The van der Waals surface area contributed by atoms with Gasteiger partial charge in [-0.2, -0.15) is 0 Å². The maximum atomic E-state index is 12.3. The van der Waals surface area contributed by atoms with E-state index in [1.54, 1.807) is 0 Å². The summed E-state index contributed by atoms with van der Waals surface area (Å²) in [6.45, 7) is 9.33. The van der Waals surface area contributed by atoms with Gasteiger partial charge in [-0.1, -0.05) is 20.3 Å². The smallest absolute Gasteiger partial charge is 0.237 e. The summed E-state index contributed by atoms with van der Waals surface area (Å²) in [6, 6.07) is 0.561. The van der Waals surface area contributed by atoms with Crippen molar-refractivity contribution in [1.82, 2.24) is 15.5 Å². The molecular formula is C16H33N3O. The molecule has 0 radical (unpaired) electrons. The van der Waals surface area contributed by atoms with E-state index in [1.165, 1.54) is 19.3 Å². The summed E-state index contributed by atoms with van der Waals surface area (Å²) in [7, 11) is 2.00. The molecule has 0 spiro atoms. The largest absolute Gasteiger partial charge is 0.355 e. The molecule has 0 aromatic carbocycles. The van der Waals surface area contributed by atoms with Crippen LogP contribution in [0.4, 0.5) is 0 Å². The Labute approximate surface area is 124 Å². The minimum absolute atomic E-state index is 0.00400. The summed E-state index contributed by atoms with van der Waals surface area (Å²) in [6.07, 6.45) is 5.94. The highest BCUT2D eigenvalue weighted by Gasteiger charge is 2.29. The Kier molecular flexibility index (Phi) is 8.15. The third-order valence-corrected chi connectivity index (χ3v) is 4.30. The van der Waals surface area contributed by atoms with E-state index in [2.05, 4.69) is 36.3 Å². The fraction of sp³-hybridized carbons (Fsp3) is 0.938. The van der Waals surface area contributed by atoms with Gasteiger partial charge in [0.1, 0.15) is 0 Å². The van der Waals surface area contributed by atoms with Crippen LogP contribution >= 0.6 is 0 Å². The minimum atomic E-state index is 0.00400. The summed E-state index contributed by atoms with van der Waals surface area (Å²) in [5.74, 6) is 0.839. The van der Waals surface area contributed by atoms with E-state index in [-0.39, 0.29) is 11.9 Å². The topological polar surface area (TPSA) is 44.4 Å². The van der Waals surface area contributed by atoms with E-state index in [9.17, 15) is 4.79 Å². The van der Waals surface area contributed by atoms with Gasteiger partial charge in [0.2, 0.25) is 5.91 Å². The van der Waals surface area contributed by atoms with Crippen molar-refractivity contribution in [2.75, 3.05) is 26.7 Å². The molecule has 4 heteroatoms. The second kappa shape index (κ2) is 9.35. The van der Waals surface area contributed by atoms with Crippen LogP contribution in [0.15, 0.2) is 0 Å². The highest BCUT2D eigenvalue weighted by atomic mass is 16.2. The molecule has 2 N–H and O–H groups in total. The summed E-state index contributed by atoms with van der Waals surface area (Å²) in [5.41, 5.74) is 0. The molecule has 20 heavy (non-hydrogen) atoms. The van der Waals surface area contributed by atoms with E-state index in [0.29, 0.717) is 12.0 Å². The molecule has 0 aromatic rings. The van der Waals surface area contributed by atoms with Gasteiger partial charge in [0.05, 0.1) is 6.04 Å². The molecule has 1 aliphatic heterocycles. The molecule has 1 saturated heterocycles. The molecule has 0 aromatic heterocycles. The molecule has 2 atom stereocenters. The number of carbonyl (C=O) groups is 1. The van der Waals surface area contributed by atoms with Crippen LogP contribution in [0, 0.1) is 5.92 Å². The Bertz CT molecular complexity index is 281. The van der Waals surface area contributed by atoms with Crippen molar-refractivity contribution >= 4 is 5.91 Å². The third kappa shape index (κ3) is 5.80. The number of nitrogens with zero attached hydrogens (tertiary/aromatic N) is 1. The van der Waals surface area contributed by atoms with Crippen LogP contribution in [0.3, 0.4) is 0 Å². The number of amides is 1. The zero-order valence-electron chi connectivity index (χ0n) is 13.7. The van der Waals surface area contributed by atoms with Crippen molar-refractivity contribution in [1.29, 1.82) is 0 Å². The Balaban J connectivity index is 2.44. The highest BCUT2D eigenvalue weighted by molar-refractivity contribution is 5.81. The SMILES string of the molecule is CNCCC1CCCCN1C(C)C(=O)NCCC(C)C. The van der Waals surface area contributed by atoms with Crippen LogP contribution in [0.2, 0.25) is 0 Å². The molecule has 2 unspecified atom stereocenters. The van der Waals surface area contributed by atoms with Crippen LogP contribution in [-0.2, 0) is 4.79 Å². The van der Waals surface area contributed by atoms with Crippen LogP contribution in [0.5, 0.6) is 0 Å². The number of likely N-dealkylation sites (tertiary alicyclic amines) is 1. The second-order valence-corrected chi connectivity index (χ2v) is 6.43. The minimum Gasteiger partial charge on any atom is -0.355 e. The maximum Gasteiger partial charge on any atom is 0.237 e. The van der Waals surface area contributed by atoms with Crippen LogP contribution in [0.25, 0.3) is 0 Å². The average Bonchev–Trinajstić information content (AvgIpc) is 2.44. The first-order valence-corrected chi connectivity index (χ1v) is 8.24. The van der Waals surface area contributed by atoms with Crippen molar-refractivity contribution < 1.29 is 4.79 Å². The lowest BCUT2D eigenvalue weighted by Gasteiger charge is -2.39. The molecule has 1 aliphatic rings. The summed E-state index contributed by atoms with van der Waals surface area (Å²) in [5, 5.41) is 6.31. The highest BCUT2D eigenvalue weighted by Crippen LogP contribution is 2.21. The van der Waals surface area contributed by atoms with E-state index in [1.807, 2.05) is 7.05 Å². The van der Waals surface area contributed by atoms with Gasteiger partial charge in [0.15, 0.2) is 0 Å². The Hall–Kier alpha value is -0.610. The van der Waals surface area contributed by atoms with Gasteiger partial charge in [-0.05, 0) is 58.7 Å². The maximum absolute atomic E-state index is 12.3. The zero-order valence-corrected chi connectivity index (χ0v) is 13.7. The molecular weight excluding hydrogens is 250 g/mol. The van der Waals surface area contributed by atoms with Gasteiger partial charge in [-0.25, -0.2) is 0 Å². The van der Waals surface area contributed by atoms with Crippen molar-refractivity contribution in [3.63, 3.8) is 0 Å². The molecule has 1 rings (SSSR count). The number of hydrogen-bond donors (Lipinski definition) is 2. The third-order valence-electron chi connectivity index (χ3n) is 4.30. The van der Waals surface area contributed by atoms with Gasteiger partial charge >= 0.3 is 0 Å². The van der Waals surface area contributed by atoms with Crippen molar-refractivity contribution in [3.8, 4) is 0 Å². The first-order valence-electron chi connectivity index (χ1n) is 8.24. The average molecular weight is 283 g/mol. The fourth-order valence-electron chi connectivity index (χ4n) is 2.94. The van der Waals surface area contributed by atoms with E-state index in [0.717, 1.165) is 32.5 Å². The lowest BCUT2D eigenvalue weighted by molar-refractivity contribution is -0.127. The normalized spacial score (nSPS) is 21.9. The number of nitrogens with one attached hydrogen (secondary N) is 2. The molecule has 118 valence electrons. The number of piperidine rings is 1. The standard InChI is InChI=1S/C16H33N3O/c1-13(2)8-11-18-16(20)14(3)19-12-6-5-7-15(19)9-10-17-4/h13-15,17H,5-12H2,1-4H3,(H,18,20). The molecule has 1 fully saturated rings. The Morgan fingerprint density at radius 3 is 2.65 bits per heavy atom. The number of carbonyl (C=O) groups excluding carboxylic acids is 1. The van der Waals surface area contributed by atoms with E-state index < -0.39 is 0 Å². The first kappa shape index (κ1) is 17.4. The monoisotopic (exact) mass is 283 g/mol. The first-order chi connectivity index (χ1) is 9.56. The van der Waals surface area contributed by atoms with Crippen molar-refractivity contribution in [2.24, 2.45) is 5.92 Å². The Morgan fingerprint density at radius 1 is 1.25 bits per heavy atom. The van der Waals surface area contributed by atoms with Crippen LogP contribution in [-0.4, -0.2) is 49.6 Å². The lowest BCUT2D eigenvalue weighted by Crippen LogP contribution is -2.52. The lowest BCUT2D eigenvalue weighted by atomic mass is 9.97. The predicted molar refractivity (Wildman–Crippen MR) is 84.8 cm³/mol. The van der Waals surface area contributed by atoms with Gasteiger partial charge in [-0.15, -0.1) is 0 Å². The van der Waals surface area contributed by atoms with Gasteiger partial charge < -0.3 is 10.6 Å². The molecule has 4 nitrogen and oxygen atoms in total. The predicted octanol–water partition coefficient (Wildman–Crippen LogP) is 2.00. The zero-order chi connectivity index (χ0) is 15.0. The van der Waals surface area contributed by atoms with Crippen molar-refractivity contribution in [3.05, 3.63) is 0 Å². The molecule has 1 amide bonds. The van der Waals surface area contributed by atoms with Gasteiger partial charge in [-0.3, -0.25) is 9.69 Å². The molecule has 0 saturated carbocycles. The van der Waals surface area contributed by atoms with E-state index in [4.69, 9.17) is 0 Å². The summed E-state index contributed by atoms with van der Waals surface area (Å²) >= 11 is 0. The van der Waals surface area contributed by atoms with E-state index >= 15 is 0 Å². The fourth-order valence-corrected chi connectivity index (χ4v) is 2.94. The van der Waals surface area contributed by atoms with Gasteiger partial charge in [0, 0.05) is 12.6 Å². The van der Waals surface area contributed by atoms with Crippen molar-refractivity contribution in [2.45, 2.75) is 65.0 Å². The quantitative estimate of drug-likeness (QED) is 0.716. The van der Waals surface area contributed by atoms with Crippen LogP contribution in [0.1, 0.15) is 52.9 Å².